The molecule has 0 bridgehead atoms. The standard InChI is InChI=1S/C17H16N6O2/c18-17(25)19-9-11-1-3-13(4-2-11)16(24)22-14-7-5-12(6-8-14)15-20-10-21-23-15/h1-8,10H,9H2,(H,22,24)(H3,18,19,25)(H,20,21,23). The van der Waals surface area contributed by atoms with Crippen LogP contribution in [0.5, 0.6) is 0 Å². The number of primary amides is 1. The highest BCUT2D eigenvalue weighted by molar-refractivity contribution is 6.04. The summed E-state index contributed by atoms with van der Waals surface area (Å²) in [5.74, 6) is 0.444. The molecule has 0 atom stereocenters. The Labute approximate surface area is 143 Å². The quantitative estimate of drug-likeness (QED) is 0.567. The molecule has 0 spiro atoms. The van der Waals surface area contributed by atoms with E-state index in [1.807, 2.05) is 12.1 Å². The summed E-state index contributed by atoms with van der Waals surface area (Å²) in [4.78, 5) is 27.0. The molecule has 8 nitrogen and oxygen atoms in total. The van der Waals surface area contributed by atoms with Crippen molar-refractivity contribution < 1.29 is 9.59 Å². The molecule has 0 aliphatic rings. The number of benzene rings is 2. The highest BCUT2D eigenvalue weighted by Gasteiger charge is 2.07. The zero-order valence-corrected chi connectivity index (χ0v) is 13.2. The molecule has 0 saturated heterocycles. The molecular weight excluding hydrogens is 320 g/mol. The van der Waals surface area contributed by atoms with Crippen molar-refractivity contribution in [2.24, 2.45) is 5.73 Å². The Bertz CT molecular complexity index is 857. The smallest absolute Gasteiger partial charge is 0.312 e. The van der Waals surface area contributed by atoms with E-state index in [2.05, 4.69) is 25.8 Å². The second kappa shape index (κ2) is 7.26. The fraction of sp³-hybridized carbons (Fsp3) is 0.0588. The average Bonchev–Trinajstić information content (AvgIpc) is 3.15. The molecule has 8 heteroatoms. The van der Waals surface area contributed by atoms with Gasteiger partial charge in [0.25, 0.3) is 5.91 Å². The van der Waals surface area contributed by atoms with Crippen LogP contribution in [0.25, 0.3) is 11.4 Å². The van der Waals surface area contributed by atoms with Crippen LogP contribution in [0.2, 0.25) is 0 Å². The number of carbonyl (C=O) groups is 2. The highest BCUT2D eigenvalue weighted by Crippen LogP contribution is 2.18. The topological polar surface area (TPSA) is 126 Å². The van der Waals surface area contributed by atoms with Crippen molar-refractivity contribution in [2.75, 3.05) is 5.32 Å². The van der Waals surface area contributed by atoms with E-state index >= 15 is 0 Å². The summed E-state index contributed by atoms with van der Waals surface area (Å²) in [6, 6.07) is 13.6. The van der Waals surface area contributed by atoms with Crippen molar-refractivity contribution in [1.29, 1.82) is 0 Å². The van der Waals surface area contributed by atoms with Crippen LogP contribution < -0.4 is 16.4 Å². The molecule has 0 fully saturated rings. The summed E-state index contributed by atoms with van der Waals surface area (Å²) in [5.41, 5.74) is 7.94. The number of rotatable bonds is 5. The molecule has 0 saturated carbocycles. The molecule has 25 heavy (non-hydrogen) atoms. The molecule has 126 valence electrons. The van der Waals surface area contributed by atoms with Crippen LogP contribution in [0.15, 0.2) is 54.9 Å². The summed E-state index contributed by atoms with van der Waals surface area (Å²) >= 11 is 0. The maximum atomic E-state index is 12.3. The average molecular weight is 336 g/mol. The molecule has 5 N–H and O–H groups in total. The predicted molar refractivity (Wildman–Crippen MR) is 92.6 cm³/mol. The monoisotopic (exact) mass is 336 g/mol. The first kappa shape index (κ1) is 16.2. The minimum atomic E-state index is -0.587. The van der Waals surface area contributed by atoms with E-state index in [1.165, 1.54) is 6.33 Å². The zero-order valence-electron chi connectivity index (χ0n) is 13.2. The third kappa shape index (κ3) is 4.20. The van der Waals surface area contributed by atoms with Crippen LogP contribution in [0.4, 0.5) is 10.5 Å². The van der Waals surface area contributed by atoms with Crippen LogP contribution >= 0.6 is 0 Å². The van der Waals surface area contributed by atoms with Gasteiger partial charge in [0.1, 0.15) is 6.33 Å². The fourth-order valence-corrected chi connectivity index (χ4v) is 2.22. The largest absolute Gasteiger partial charge is 0.352 e. The van der Waals surface area contributed by atoms with Crippen molar-refractivity contribution in [3.8, 4) is 11.4 Å². The van der Waals surface area contributed by atoms with Gasteiger partial charge in [0, 0.05) is 23.4 Å². The van der Waals surface area contributed by atoms with E-state index in [-0.39, 0.29) is 5.91 Å². The van der Waals surface area contributed by atoms with Crippen LogP contribution in [0.1, 0.15) is 15.9 Å². The Morgan fingerprint density at radius 1 is 1.04 bits per heavy atom. The lowest BCUT2D eigenvalue weighted by atomic mass is 10.1. The van der Waals surface area contributed by atoms with Gasteiger partial charge in [-0.1, -0.05) is 12.1 Å². The molecule has 1 heterocycles. The summed E-state index contributed by atoms with van der Waals surface area (Å²) in [6.45, 7) is 0.320. The molecule has 0 radical (unpaired) electrons. The van der Waals surface area contributed by atoms with Gasteiger partial charge in [-0.15, -0.1) is 0 Å². The maximum absolute atomic E-state index is 12.3. The lowest BCUT2D eigenvalue weighted by molar-refractivity contribution is 0.102. The van der Waals surface area contributed by atoms with Crippen molar-refractivity contribution in [1.82, 2.24) is 20.5 Å². The van der Waals surface area contributed by atoms with Crippen LogP contribution in [0.3, 0.4) is 0 Å². The van der Waals surface area contributed by atoms with Crippen molar-refractivity contribution in [3.63, 3.8) is 0 Å². The number of nitrogens with zero attached hydrogens (tertiary/aromatic N) is 2. The molecule has 3 amide bonds. The number of aromatic amines is 1. The third-order valence-corrected chi connectivity index (χ3v) is 3.51. The lowest BCUT2D eigenvalue weighted by Gasteiger charge is -2.07. The summed E-state index contributed by atoms with van der Waals surface area (Å²) < 4.78 is 0. The van der Waals surface area contributed by atoms with Crippen LogP contribution in [0, 0.1) is 0 Å². The molecule has 0 aliphatic carbocycles. The molecule has 2 aromatic carbocycles. The van der Waals surface area contributed by atoms with Gasteiger partial charge in [-0.25, -0.2) is 9.78 Å². The van der Waals surface area contributed by atoms with E-state index < -0.39 is 6.03 Å². The van der Waals surface area contributed by atoms with Crippen molar-refractivity contribution in [2.45, 2.75) is 6.54 Å². The van der Waals surface area contributed by atoms with Crippen LogP contribution in [-0.4, -0.2) is 27.1 Å². The number of carbonyl (C=O) groups excluding carboxylic acids is 2. The molecule has 3 rings (SSSR count). The Hall–Kier alpha value is -3.68. The second-order valence-electron chi connectivity index (χ2n) is 5.28. The number of aromatic nitrogens is 3. The Balaban J connectivity index is 1.62. The van der Waals surface area contributed by atoms with Gasteiger partial charge in [-0.2, -0.15) is 5.10 Å². The SMILES string of the molecule is NC(=O)NCc1ccc(C(=O)Nc2ccc(-c3ncn[nH]3)cc2)cc1. The number of nitrogens with one attached hydrogen (secondary N) is 3. The number of amides is 3. The Morgan fingerprint density at radius 2 is 1.76 bits per heavy atom. The number of hydrogen-bond donors (Lipinski definition) is 4. The normalized spacial score (nSPS) is 10.2. The van der Waals surface area contributed by atoms with Gasteiger partial charge in [0.05, 0.1) is 0 Å². The minimum Gasteiger partial charge on any atom is -0.352 e. The maximum Gasteiger partial charge on any atom is 0.312 e. The fourth-order valence-electron chi connectivity index (χ4n) is 2.22. The van der Waals surface area contributed by atoms with Gasteiger partial charge in [0.2, 0.25) is 0 Å². The van der Waals surface area contributed by atoms with E-state index in [0.717, 1.165) is 11.1 Å². The molecular formula is C17H16N6O2. The molecule has 0 unspecified atom stereocenters. The van der Waals surface area contributed by atoms with Gasteiger partial charge < -0.3 is 16.4 Å². The molecule has 1 aromatic heterocycles. The van der Waals surface area contributed by atoms with E-state index in [1.54, 1.807) is 36.4 Å². The summed E-state index contributed by atoms with van der Waals surface area (Å²) in [5, 5.41) is 11.9. The summed E-state index contributed by atoms with van der Waals surface area (Å²) in [6.07, 6.45) is 1.44. The lowest BCUT2D eigenvalue weighted by Crippen LogP contribution is -2.28. The minimum absolute atomic E-state index is 0.221. The number of hydrogen-bond acceptors (Lipinski definition) is 4. The first-order valence-electron chi connectivity index (χ1n) is 7.51. The molecule has 0 aliphatic heterocycles. The second-order valence-corrected chi connectivity index (χ2v) is 5.28. The molecule has 3 aromatic rings. The number of anilines is 1. The Kier molecular flexibility index (Phi) is 4.70. The van der Waals surface area contributed by atoms with Gasteiger partial charge in [-0.3, -0.25) is 9.89 Å². The third-order valence-electron chi connectivity index (χ3n) is 3.51. The number of H-pyrrole nitrogens is 1. The van der Waals surface area contributed by atoms with Gasteiger partial charge >= 0.3 is 6.03 Å². The first-order valence-corrected chi connectivity index (χ1v) is 7.51. The van der Waals surface area contributed by atoms with E-state index in [0.29, 0.717) is 23.6 Å². The summed E-state index contributed by atoms with van der Waals surface area (Å²) in [7, 11) is 0. The Morgan fingerprint density at radius 3 is 2.36 bits per heavy atom. The van der Waals surface area contributed by atoms with E-state index in [9.17, 15) is 9.59 Å². The number of urea groups is 1. The van der Waals surface area contributed by atoms with Crippen molar-refractivity contribution in [3.05, 3.63) is 66.0 Å². The van der Waals surface area contributed by atoms with Gasteiger partial charge in [0.15, 0.2) is 5.82 Å². The first-order chi connectivity index (χ1) is 12.1. The van der Waals surface area contributed by atoms with E-state index in [4.69, 9.17) is 5.73 Å². The number of nitrogens with two attached hydrogens (primary N) is 1. The van der Waals surface area contributed by atoms with Crippen LogP contribution in [-0.2, 0) is 6.54 Å². The van der Waals surface area contributed by atoms with Crippen molar-refractivity contribution >= 4 is 17.6 Å². The predicted octanol–water partition coefficient (Wildman–Crippen LogP) is 1.89. The highest BCUT2D eigenvalue weighted by atomic mass is 16.2. The van der Waals surface area contributed by atoms with Gasteiger partial charge in [-0.05, 0) is 42.0 Å². The zero-order chi connectivity index (χ0) is 17.6.